The third kappa shape index (κ3) is 6.31. The van der Waals surface area contributed by atoms with Gasteiger partial charge < -0.3 is 19.9 Å². The van der Waals surface area contributed by atoms with Crippen LogP contribution in [0.15, 0.2) is 58.2 Å². The monoisotopic (exact) mass is 394 g/mol. The molecule has 3 aromatic rings. The molecule has 0 unspecified atom stereocenters. The van der Waals surface area contributed by atoms with Crippen molar-refractivity contribution in [3.05, 3.63) is 60.0 Å². The van der Waals surface area contributed by atoms with E-state index in [0.29, 0.717) is 30.4 Å². The minimum absolute atomic E-state index is 0.425. The minimum atomic E-state index is 0.425. The second-order valence-corrected chi connectivity index (χ2v) is 6.27. The predicted molar refractivity (Wildman–Crippen MR) is 112 cm³/mol. The molecule has 0 aliphatic rings. The maximum Gasteiger partial charge on any atom is 0.276 e. The average Bonchev–Trinajstić information content (AvgIpc) is 3.24. The standard InChI is InChI=1S/C21H26N6O2/c1-3-22-21(24-14-11-16-7-9-17(28-2)10-8-16)25-15-12-19-26-20(29-27-19)18-6-4-5-13-23-18/h4-10,13H,3,11-12,14-15H2,1-2H3,(H2,22,24,25). The molecule has 0 spiro atoms. The Kier molecular flexibility index (Phi) is 7.56. The molecular weight excluding hydrogens is 368 g/mol. The van der Waals surface area contributed by atoms with E-state index in [9.17, 15) is 0 Å². The lowest BCUT2D eigenvalue weighted by Gasteiger charge is -2.11. The highest BCUT2D eigenvalue weighted by atomic mass is 16.5. The zero-order valence-corrected chi connectivity index (χ0v) is 16.8. The van der Waals surface area contributed by atoms with E-state index < -0.39 is 0 Å². The van der Waals surface area contributed by atoms with Gasteiger partial charge in [0.15, 0.2) is 11.8 Å². The molecule has 0 bridgehead atoms. The third-order valence-corrected chi connectivity index (χ3v) is 4.17. The van der Waals surface area contributed by atoms with Crippen molar-refractivity contribution in [2.24, 2.45) is 4.99 Å². The van der Waals surface area contributed by atoms with Crippen LogP contribution in [0, 0.1) is 0 Å². The molecule has 8 heteroatoms. The van der Waals surface area contributed by atoms with Gasteiger partial charge in [-0.3, -0.25) is 9.98 Å². The number of pyridine rings is 1. The van der Waals surface area contributed by atoms with Crippen LogP contribution in [0.25, 0.3) is 11.6 Å². The van der Waals surface area contributed by atoms with E-state index in [-0.39, 0.29) is 0 Å². The molecule has 0 fully saturated rings. The van der Waals surface area contributed by atoms with Crippen LogP contribution in [0.5, 0.6) is 5.75 Å². The Balaban J connectivity index is 1.48. The first-order chi connectivity index (χ1) is 14.3. The molecule has 29 heavy (non-hydrogen) atoms. The molecule has 0 saturated carbocycles. The number of methoxy groups -OCH3 is 1. The fraction of sp³-hybridized carbons (Fsp3) is 0.333. The van der Waals surface area contributed by atoms with Crippen molar-refractivity contribution in [3.63, 3.8) is 0 Å². The molecular formula is C21H26N6O2. The van der Waals surface area contributed by atoms with E-state index in [1.165, 1.54) is 5.56 Å². The van der Waals surface area contributed by atoms with Crippen LogP contribution in [-0.2, 0) is 12.8 Å². The van der Waals surface area contributed by atoms with Crippen molar-refractivity contribution in [2.45, 2.75) is 19.8 Å². The summed E-state index contributed by atoms with van der Waals surface area (Å²) < 4.78 is 10.5. The van der Waals surface area contributed by atoms with Gasteiger partial charge in [0.1, 0.15) is 11.4 Å². The number of nitrogens with zero attached hydrogens (tertiary/aromatic N) is 4. The van der Waals surface area contributed by atoms with E-state index in [0.717, 1.165) is 31.2 Å². The van der Waals surface area contributed by atoms with Crippen LogP contribution in [0.2, 0.25) is 0 Å². The fourth-order valence-corrected chi connectivity index (χ4v) is 2.68. The summed E-state index contributed by atoms with van der Waals surface area (Å²) >= 11 is 0. The summed E-state index contributed by atoms with van der Waals surface area (Å²) in [5, 5.41) is 10.6. The summed E-state index contributed by atoms with van der Waals surface area (Å²) in [6, 6.07) is 13.7. The summed E-state index contributed by atoms with van der Waals surface area (Å²) in [5.74, 6) is 2.68. The topological polar surface area (TPSA) is 97.5 Å². The Bertz CT molecular complexity index is 893. The van der Waals surface area contributed by atoms with E-state index >= 15 is 0 Å². The summed E-state index contributed by atoms with van der Waals surface area (Å²) in [7, 11) is 1.67. The van der Waals surface area contributed by atoms with Gasteiger partial charge in [-0.25, -0.2) is 0 Å². The van der Waals surface area contributed by atoms with E-state index in [4.69, 9.17) is 9.26 Å². The molecule has 1 aromatic carbocycles. The van der Waals surface area contributed by atoms with E-state index in [1.54, 1.807) is 13.3 Å². The molecule has 2 N–H and O–H groups in total. The fourth-order valence-electron chi connectivity index (χ4n) is 2.68. The molecule has 152 valence electrons. The molecule has 0 amide bonds. The molecule has 0 atom stereocenters. The smallest absolute Gasteiger partial charge is 0.276 e. The quantitative estimate of drug-likeness (QED) is 0.425. The zero-order chi connectivity index (χ0) is 20.3. The number of benzene rings is 1. The van der Waals surface area contributed by atoms with Crippen LogP contribution in [-0.4, -0.2) is 47.8 Å². The van der Waals surface area contributed by atoms with Gasteiger partial charge in [0.05, 0.1) is 7.11 Å². The largest absolute Gasteiger partial charge is 0.497 e. The first-order valence-corrected chi connectivity index (χ1v) is 9.67. The highest BCUT2D eigenvalue weighted by molar-refractivity contribution is 5.79. The number of rotatable bonds is 9. The summed E-state index contributed by atoms with van der Waals surface area (Å²) in [6.07, 6.45) is 3.18. The first kappa shape index (κ1) is 20.3. The lowest BCUT2D eigenvalue weighted by Crippen LogP contribution is -2.38. The number of hydrogen-bond acceptors (Lipinski definition) is 6. The number of guanidine groups is 1. The Hall–Kier alpha value is -3.42. The van der Waals surface area contributed by atoms with Gasteiger partial charge in [0.25, 0.3) is 5.89 Å². The lowest BCUT2D eigenvalue weighted by molar-refractivity contribution is 0.414. The van der Waals surface area contributed by atoms with Gasteiger partial charge in [0.2, 0.25) is 0 Å². The highest BCUT2D eigenvalue weighted by Crippen LogP contribution is 2.13. The van der Waals surface area contributed by atoms with Gasteiger partial charge >= 0.3 is 0 Å². The Morgan fingerprint density at radius 1 is 1.10 bits per heavy atom. The van der Waals surface area contributed by atoms with Gasteiger partial charge in [-0.1, -0.05) is 23.4 Å². The molecule has 3 rings (SSSR count). The first-order valence-electron chi connectivity index (χ1n) is 9.67. The number of aliphatic imine (C=N–C) groups is 1. The number of nitrogens with one attached hydrogen (secondary N) is 2. The van der Waals surface area contributed by atoms with Crippen LogP contribution >= 0.6 is 0 Å². The summed E-state index contributed by atoms with van der Waals surface area (Å²) in [6.45, 7) is 4.17. The second-order valence-electron chi connectivity index (χ2n) is 6.27. The summed E-state index contributed by atoms with van der Waals surface area (Å²) in [5.41, 5.74) is 1.91. The van der Waals surface area contributed by atoms with Crippen molar-refractivity contribution < 1.29 is 9.26 Å². The minimum Gasteiger partial charge on any atom is -0.497 e. The molecule has 2 heterocycles. The molecule has 2 aromatic heterocycles. The normalized spacial score (nSPS) is 11.3. The number of ether oxygens (including phenoxy) is 1. The SMILES string of the molecule is CCNC(=NCCc1noc(-c2ccccn2)n1)NCCc1ccc(OC)cc1. The predicted octanol–water partition coefficient (Wildman–Crippen LogP) is 2.48. The lowest BCUT2D eigenvalue weighted by atomic mass is 10.1. The van der Waals surface area contributed by atoms with Crippen molar-refractivity contribution in [3.8, 4) is 17.3 Å². The van der Waals surface area contributed by atoms with Gasteiger partial charge in [-0.05, 0) is 43.2 Å². The van der Waals surface area contributed by atoms with Crippen LogP contribution in [0.4, 0.5) is 0 Å². The van der Waals surface area contributed by atoms with Crippen LogP contribution < -0.4 is 15.4 Å². The van der Waals surface area contributed by atoms with Crippen molar-refractivity contribution in [1.82, 2.24) is 25.8 Å². The van der Waals surface area contributed by atoms with Gasteiger partial charge in [0, 0.05) is 32.3 Å². The molecule has 0 radical (unpaired) electrons. The molecule has 8 nitrogen and oxygen atoms in total. The Morgan fingerprint density at radius 2 is 1.97 bits per heavy atom. The number of aromatic nitrogens is 3. The maximum absolute atomic E-state index is 5.27. The number of hydrogen-bond donors (Lipinski definition) is 2. The third-order valence-electron chi connectivity index (χ3n) is 4.17. The second kappa shape index (κ2) is 10.8. The molecule has 0 aliphatic carbocycles. The van der Waals surface area contributed by atoms with Crippen molar-refractivity contribution in [1.29, 1.82) is 0 Å². The van der Waals surface area contributed by atoms with E-state index in [2.05, 4.69) is 42.9 Å². The Labute approximate surface area is 170 Å². The van der Waals surface area contributed by atoms with Gasteiger partial charge in [-0.15, -0.1) is 0 Å². The molecule has 0 aliphatic heterocycles. The van der Waals surface area contributed by atoms with Crippen LogP contribution in [0.3, 0.4) is 0 Å². The average molecular weight is 394 g/mol. The van der Waals surface area contributed by atoms with E-state index in [1.807, 2.05) is 37.3 Å². The highest BCUT2D eigenvalue weighted by Gasteiger charge is 2.09. The summed E-state index contributed by atoms with van der Waals surface area (Å²) in [4.78, 5) is 13.2. The van der Waals surface area contributed by atoms with Crippen LogP contribution in [0.1, 0.15) is 18.3 Å². The van der Waals surface area contributed by atoms with Gasteiger partial charge in [-0.2, -0.15) is 4.98 Å². The maximum atomic E-state index is 5.27. The zero-order valence-electron chi connectivity index (χ0n) is 16.8. The van der Waals surface area contributed by atoms with Crippen molar-refractivity contribution >= 4 is 5.96 Å². The van der Waals surface area contributed by atoms with Crippen molar-refractivity contribution in [2.75, 3.05) is 26.7 Å². The Morgan fingerprint density at radius 3 is 2.69 bits per heavy atom. The molecule has 0 saturated heterocycles.